The molecule has 114 valence electrons. The van der Waals surface area contributed by atoms with Crippen molar-refractivity contribution in [3.05, 3.63) is 30.1 Å². The molecule has 0 amide bonds. The van der Waals surface area contributed by atoms with Crippen LogP contribution in [0.15, 0.2) is 24.3 Å². The molecular formula is C15H25ClFPPd. The molecule has 4 heteroatoms. The molecule has 0 fully saturated rings. The summed E-state index contributed by atoms with van der Waals surface area (Å²) < 4.78 is 13.0. The molecule has 0 atom stereocenters. The van der Waals surface area contributed by atoms with Crippen molar-refractivity contribution < 1.29 is 21.4 Å². The Balaban J connectivity index is 0.000000982. The molecule has 0 aliphatic carbocycles. The predicted octanol–water partition coefficient (Wildman–Crippen LogP) is 5.80. The van der Waals surface area contributed by atoms with Gasteiger partial charge in [-0.3, -0.25) is 0 Å². The maximum absolute atomic E-state index is 13.0. The third-order valence-corrected chi connectivity index (χ3v) is 5.92. The summed E-state index contributed by atoms with van der Waals surface area (Å²) in [6, 6.07) is 7.03. The first-order chi connectivity index (χ1) is 8.54. The van der Waals surface area contributed by atoms with Crippen molar-refractivity contribution in [1.29, 1.82) is 0 Å². The van der Waals surface area contributed by atoms with Crippen molar-refractivity contribution in [1.82, 2.24) is 0 Å². The van der Waals surface area contributed by atoms with Gasteiger partial charge in [0, 0.05) is 0 Å². The second-order valence-electron chi connectivity index (χ2n) is 6.27. The molecule has 0 radical (unpaired) electrons. The minimum absolute atomic E-state index is 0.151. The summed E-state index contributed by atoms with van der Waals surface area (Å²) in [5.41, 5.74) is 0. The molecule has 1 rings (SSSR count). The van der Waals surface area contributed by atoms with Gasteiger partial charge in [0.2, 0.25) is 0 Å². The monoisotopic (exact) mass is 396 g/mol. The van der Waals surface area contributed by atoms with Crippen LogP contribution in [0.25, 0.3) is 0 Å². The van der Waals surface area contributed by atoms with E-state index in [4.69, 9.17) is 9.53 Å². The molecule has 0 spiro atoms. The predicted molar refractivity (Wildman–Crippen MR) is 84.2 cm³/mol. The van der Waals surface area contributed by atoms with Crippen LogP contribution in [0.4, 0.5) is 4.39 Å². The number of hydrogen-bond donors (Lipinski definition) is 0. The molecule has 0 heterocycles. The van der Waals surface area contributed by atoms with Crippen molar-refractivity contribution in [2.24, 2.45) is 0 Å². The summed E-state index contributed by atoms with van der Waals surface area (Å²) in [6.45, 7) is 13.6. The number of benzene rings is 1. The molecule has 0 aliphatic heterocycles. The zero-order valence-corrected chi connectivity index (χ0v) is 16.0. The molecular weight excluding hydrogens is 372 g/mol. The van der Waals surface area contributed by atoms with Crippen molar-refractivity contribution in [2.45, 2.75) is 57.3 Å². The van der Waals surface area contributed by atoms with Crippen LogP contribution in [0.3, 0.4) is 0 Å². The van der Waals surface area contributed by atoms with Gasteiger partial charge in [0.25, 0.3) is 0 Å². The van der Waals surface area contributed by atoms with Crippen LogP contribution in [0.1, 0.15) is 41.5 Å². The summed E-state index contributed by atoms with van der Waals surface area (Å²) in [4.78, 5) is 0. The van der Waals surface area contributed by atoms with Gasteiger partial charge in [-0.05, 0) is 27.7 Å². The first kappa shape index (κ1) is 19.5. The zero-order valence-electron chi connectivity index (χ0n) is 12.8. The molecule has 0 saturated carbocycles. The van der Waals surface area contributed by atoms with Crippen LogP contribution in [0.2, 0.25) is 5.40 Å². The van der Waals surface area contributed by atoms with E-state index in [0.717, 1.165) is 0 Å². The van der Waals surface area contributed by atoms with Crippen LogP contribution in [0.5, 0.6) is 0 Å². The van der Waals surface area contributed by atoms with Crippen LogP contribution in [-0.2, 0) is 17.0 Å². The number of rotatable bonds is 1. The fourth-order valence-electron chi connectivity index (χ4n) is 2.37. The second kappa shape index (κ2) is 8.09. The first-order valence-electron chi connectivity index (χ1n) is 6.12. The molecule has 0 nitrogen and oxygen atoms in total. The molecule has 0 N–H and O–H groups in total. The Labute approximate surface area is 131 Å². The van der Waals surface area contributed by atoms with E-state index in [9.17, 15) is 4.39 Å². The van der Waals surface area contributed by atoms with E-state index in [2.05, 4.69) is 41.5 Å². The van der Waals surface area contributed by atoms with Gasteiger partial charge in [-0.2, -0.15) is 0 Å². The Kier molecular flexibility index (Phi) is 8.32. The average molecular weight is 397 g/mol. The van der Waals surface area contributed by atoms with E-state index < -0.39 is 0 Å². The van der Waals surface area contributed by atoms with Gasteiger partial charge in [-0.15, -0.1) is 0 Å². The maximum atomic E-state index is 13.0. The van der Waals surface area contributed by atoms with Gasteiger partial charge < -0.3 is 0 Å². The fraction of sp³-hybridized carbons (Fsp3) is 0.600. The van der Waals surface area contributed by atoms with Gasteiger partial charge in [-0.1, -0.05) is 61.6 Å². The topological polar surface area (TPSA) is 0 Å². The van der Waals surface area contributed by atoms with Gasteiger partial charge >= 0.3 is 31.9 Å². The van der Waals surface area contributed by atoms with Crippen molar-refractivity contribution in [3.8, 4) is 0 Å². The van der Waals surface area contributed by atoms with E-state index in [1.807, 2.05) is 17.5 Å². The average Bonchev–Trinajstić information content (AvgIpc) is 2.18. The van der Waals surface area contributed by atoms with E-state index in [1.165, 1.54) is 5.30 Å². The Hall–Kier alpha value is 0.532. The Morgan fingerprint density at radius 1 is 0.947 bits per heavy atom. The van der Waals surface area contributed by atoms with Crippen molar-refractivity contribution in [2.75, 3.05) is 0 Å². The third-order valence-electron chi connectivity index (χ3n) is 2.43. The van der Waals surface area contributed by atoms with Crippen LogP contribution >= 0.6 is 17.5 Å². The number of hydrogen-bond acceptors (Lipinski definition) is 0. The molecule has 0 unspecified atom stereocenters. The van der Waals surface area contributed by atoms with E-state index in [1.54, 1.807) is 12.1 Å². The van der Waals surface area contributed by atoms with Gasteiger partial charge in [0.1, 0.15) is 5.82 Å². The normalized spacial score (nSPS) is 12.3. The second-order valence-corrected chi connectivity index (χ2v) is 12.1. The Bertz CT molecular complexity index is 351. The van der Waals surface area contributed by atoms with Gasteiger partial charge in [-0.25, -0.2) is 4.39 Å². The number of halogens is 2. The summed E-state index contributed by atoms with van der Waals surface area (Å²) >= 11 is 0.422. The van der Waals surface area contributed by atoms with Gasteiger partial charge in [0.05, 0.1) is 0 Å². The SMILES string of the molecule is CC(C)(C)P(c1ccc(F)cc1)C(C)(C)C.[CH3][Pd][Cl]. The zero-order chi connectivity index (χ0) is 15.3. The van der Waals surface area contributed by atoms with Gasteiger partial charge in [0.15, 0.2) is 0 Å². The molecule has 0 saturated heterocycles. The molecule has 0 aliphatic rings. The Morgan fingerprint density at radius 2 is 1.26 bits per heavy atom. The summed E-state index contributed by atoms with van der Waals surface area (Å²) in [6.07, 6.45) is 0. The fourth-order valence-corrected chi connectivity index (χ4v) is 6.38. The van der Waals surface area contributed by atoms with Crippen LogP contribution in [0, 0.1) is 5.82 Å². The van der Waals surface area contributed by atoms with E-state index in [0.29, 0.717) is 17.0 Å². The summed E-state index contributed by atoms with van der Waals surface area (Å²) in [5.74, 6) is -0.151. The summed E-state index contributed by atoms with van der Waals surface area (Å²) in [5, 5.41) is 3.71. The molecule has 0 aromatic heterocycles. The van der Waals surface area contributed by atoms with E-state index >= 15 is 0 Å². The van der Waals surface area contributed by atoms with E-state index in [-0.39, 0.29) is 24.1 Å². The third kappa shape index (κ3) is 7.20. The molecule has 19 heavy (non-hydrogen) atoms. The van der Waals surface area contributed by atoms with Crippen LogP contribution < -0.4 is 5.30 Å². The minimum atomic E-state index is -0.317. The quantitative estimate of drug-likeness (QED) is 0.415. The van der Waals surface area contributed by atoms with Crippen molar-refractivity contribution >= 4 is 22.8 Å². The molecule has 0 bridgehead atoms. The standard InChI is InChI=1S/C14H22FP.CH3.ClH.Pd/c1-13(2,3)16(14(4,5)6)12-9-7-11(15)8-10-12;;;/h7-10H,1-6H3;1H3;1H;/q;;;+1/p-1. The van der Waals surface area contributed by atoms with Crippen molar-refractivity contribution in [3.63, 3.8) is 0 Å². The van der Waals surface area contributed by atoms with Crippen LogP contribution in [-0.4, -0.2) is 10.3 Å². The molecule has 1 aromatic rings. The molecule has 1 aromatic carbocycles. The summed E-state index contributed by atoms with van der Waals surface area (Å²) in [7, 11) is 4.73. The first-order valence-corrected chi connectivity index (χ1v) is 11.0. The Morgan fingerprint density at radius 3 is 1.53 bits per heavy atom.